The van der Waals surface area contributed by atoms with E-state index < -0.39 is 0 Å². The minimum atomic E-state index is -0.135. The van der Waals surface area contributed by atoms with Crippen molar-refractivity contribution in [3.63, 3.8) is 0 Å². The summed E-state index contributed by atoms with van der Waals surface area (Å²) < 4.78 is 0. The molecule has 0 aliphatic carbocycles. The first kappa shape index (κ1) is 17.2. The highest BCUT2D eigenvalue weighted by atomic mass is 16.2. The molecule has 1 atom stereocenters. The van der Waals surface area contributed by atoms with Gasteiger partial charge in [-0.15, -0.1) is 0 Å². The number of piperidine rings is 1. The molecule has 1 aliphatic rings. The predicted molar refractivity (Wildman–Crippen MR) is 94.5 cm³/mol. The van der Waals surface area contributed by atoms with Gasteiger partial charge in [0.15, 0.2) is 0 Å². The lowest BCUT2D eigenvalue weighted by molar-refractivity contribution is -0.138. The van der Waals surface area contributed by atoms with Gasteiger partial charge in [-0.2, -0.15) is 0 Å². The molecule has 0 radical (unpaired) electrons. The van der Waals surface area contributed by atoms with E-state index in [4.69, 9.17) is 0 Å². The molecule has 0 saturated carbocycles. The van der Waals surface area contributed by atoms with Crippen molar-refractivity contribution in [1.82, 2.24) is 20.2 Å². The summed E-state index contributed by atoms with van der Waals surface area (Å²) in [5.74, 6) is 0.754. The fraction of sp³-hybridized carbons (Fsp3) is 0.421. The third kappa shape index (κ3) is 4.92. The van der Waals surface area contributed by atoms with Crippen molar-refractivity contribution in [2.45, 2.75) is 32.2 Å². The molecule has 2 aromatic rings. The van der Waals surface area contributed by atoms with Gasteiger partial charge in [-0.25, -0.2) is 4.98 Å². The van der Waals surface area contributed by atoms with Crippen molar-refractivity contribution in [2.75, 3.05) is 13.1 Å². The van der Waals surface area contributed by atoms with E-state index in [0.717, 1.165) is 18.7 Å². The van der Waals surface area contributed by atoms with Crippen LogP contribution in [0.5, 0.6) is 0 Å². The third-order valence-corrected chi connectivity index (χ3v) is 4.59. The van der Waals surface area contributed by atoms with E-state index in [9.17, 15) is 9.59 Å². The number of carbonyl (C=O) groups excluding carboxylic acids is 2. The number of likely N-dealkylation sites (tertiary alicyclic amines) is 1. The summed E-state index contributed by atoms with van der Waals surface area (Å²) in [5, 5.41) is 2.90. The molecule has 1 saturated heterocycles. The van der Waals surface area contributed by atoms with Crippen LogP contribution in [0.1, 0.15) is 30.7 Å². The summed E-state index contributed by atoms with van der Waals surface area (Å²) in [6, 6.07) is 10.3. The van der Waals surface area contributed by atoms with E-state index in [1.54, 1.807) is 12.4 Å². The zero-order chi connectivity index (χ0) is 17.5. The molecule has 1 aromatic carbocycles. The minimum Gasteiger partial charge on any atom is -0.349 e. The molecule has 3 rings (SSSR count). The van der Waals surface area contributed by atoms with Crippen LogP contribution in [0.2, 0.25) is 0 Å². The lowest BCUT2D eigenvalue weighted by Crippen LogP contribution is -2.46. The SMILES string of the molecule is O=C(NCc1ncc[nH]1)[C@H]1CCC(=O)N(CCCc2ccccc2)C1. The molecule has 0 spiro atoms. The lowest BCUT2D eigenvalue weighted by Gasteiger charge is -2.32. The quantitative estimate of drug-likeness (QED) is 0.808. The Hall–Kier alpha value is -2.63. The van der Waals surface area contributed by atoms with Gasteiger partial charge >= 0.3 is 0 Å². The molecule has 1 aliphatic heterocycles. The second kappa shape index (κ2) is 8.46. The van der Waals surface area contributed by atoms with Crippen LogP contribution < -0.4 is 5.32 Å². The van der Waals surface area contributed by atoms with Crippen molar-refractivity contribution in [1.29, 1.82) is 0 Å². The molecule has 132 valence electrons. The molecule has 2 amide bonds. The number of hydrogen-bond donors (Lipinski definition) is 2. The van der Waals surface area contributed by atoms with Gasteiger partial charge < -0.3 is 15.2 Å². The van der Waals surface area contributed by atoms with Gasteiger partial charge in [-0.1, -0.05) is 30.3 Å². The Morgan fingerprint density at radius 3 is 2.92 bits per heavy atom. The average Bonchev–Trinajstić information content (AvgIpc) is 3.16. The van der Waals surface area contributed by atoms with Gasteiger partial charge in [0.05, 0.1) is 12.5 Å². The lowest BCUT2D eigenvalue weighted by atomic mass is 9.96. The zero-order valence-corrected chi connectivity index (χ0v) is 14.3. The smallest absolute Gasteiger partial charge is 0.225 e. The first-order valence-corrected chi connectivity index (χ1v) is 8.80. The molecular formula is C19H24N4O2. The molecule has 6 heteroatoms. The summed E-state index contributed by atoms with van der Waals surface area (Å²) in [6.45, 7) is 1.61. The van der Waals surface area contributed by atoms with Gasteiger partial charge in [-0.3, -0.25) is 9.59 Å². The van der Waals surface area contributed by atoms with Crippen molar-refractivity contribution in [3.05, 3.63) is 54.1 Å². The number of aromatic nitrogens is 2. The summed E-state index contributed by atoms with van der Waals surface area (Å²) in [7, 11) is 0. The van der Waals surface area contributed by atoms with Crippen LogP contribution in [0.25, 0.3) is 0 Å². The summed E-state index contributed by atoms with van der Waals surface area (Å²) >= 11 is 0. The van der Waals surface area contributed by atoms with E-state index in [2.05, 4.69) is 27.4 Å². The first-order chi connectivity index (χ1) is 12.2. The number of hydrogen-bond acceptors (Lipinski definition) is 3. The highest BCUT2D eigenvalue weighted by molar-refractivity contribution is 5.83. The summed E-state index contributed by atoms with van der Waals surface area (Å²) in [6.07, 6.45) is 6.32. The molecule has 6 nitrogen and oxygen atoms in total. The Bertz CT molecular complexity index is 685. The topological polar surface area (TPSA) is 78.1 Å². The number of amides is 2. The van der Waals surface area contributed by atoms with Gasteiger partial charge in [0, 0.05) is 31.9 Å². The predicted octanol–water partition coefficient (Wildman–Crippen LogP) is 1.90. The minimum absolute atomic E-state index is 0.00282. The number of nitrogens with zero attached hydrogens (tertiary/aromatic N) is 2. The molecule has 1 fully saturated rings. The van der Waals surface area contributed by atoms with Gasteiger partial charge in [0.1, 0.15) is 5.82 Å². The molecule has 2 N–H and O–H groups in total. The van der Waals surface area contributed by atoms with Crippen molar-refractivity contribution >= 4 is 11.8 Å². The number of rotatable bonds is 7. The van der Waals surface area contributed by atoms with Crippen LogP contribution in [-0.2, 0) is 22.6 Å². The molecular weight excluding hydrogens is 316 g/mol. The standard InChI is InChI=1S/C19H24N4O2/c24-18-9-8-16(19(25)22-13-17-20-10-11-21-17)14-23(18)12-4-7-15-5-2-1-3-6-15/h1-3,5-6,10-11,16H,4,7-9,12-14H2,(H,20,21)(H,22,25)/t16-/m0/s1. The maximum absolute atomic E-state index is 12.4. The van der Waals surface area contributed by atoms with Crippen molar-refractivity contribution in [2.24, 2.45) is 5.92 Å². The second-order valence-electron chi connectivity index (χ2n) is 6.42. The number of H-pyrrole nitrogens is 1. The zero-order valence-electron chi connectivity index (χ0n) is 14.3. The molecule has 0 unspecified atom stereocenters. The Morgan fingerprint density at radius 1 is 1.32 bits per heavy atom. The number of nitrogens with one attached hydrogen (secondary N) is 2. The third-order valence-electron chi connectivity index (χ3n) is 4.59. The average molecular weight is 340 g/mol. The van der Waals surface area contributed by atoms with E-state index in [0.29, 0.717) is 32.5 Å². The van der Waals surface area contributed by atoms with E-state index in [1.165, 1.54) is 5.56 Å². The van der Waals surface area contributed by atoms with Gasteiger partial charge in [0.2, 0.25) is 11.8 Å². The number of aryl methyl sites for hydroxylation is 1. The number of carbonyl (C=O) groups is 2. The largest absolute Gasteiger partial charge is 0.349 e. The Balaban J connectivity index is 1.45. The first-order valence-electron chi connectivity index (χ1n) is 8.80. The van der Waals surface area contributed by atoms with Crippen molar-refractivity contribution < 1.29 is 9.59 Å². The van der Waals surface area contributed by atoms with E-state index in [-0.39, 0.29) is 17.7 Å². The molecule has 25 heavy (non-hydrogen) atoms. The number of aromatic amines is 1. The van der Waals surface area contributed by atoms with Crippen LogP contribution >= 0.6 is 0 Å². The van der Waals surface area contributed by atoms with Crippen LogP contribution in [0, 0.1) is 5.92 Å². The molecule has 2 heterocycles. The van der Waals surface area contributed by atoms with E-state index >= 15 is 0 Å². The Kier molecular flexibility index (Phi) is 5.82. The van der Waals surface area contributed by atoms with Crippen molar-refractivity contribution in [3.8, 4) is 0 Å². The molecule has 0 bridgehead atoms. The fourth-order valence-corrected chi connectivity index (χ4v) is 3.17. The van der Waals surface area contributed by atoms with Crippen LogP contribution in [-0.4, -0.2) is 39.8 Å². The highest BCUT2D eigenvalue weighted by Crippen LogP contribution is 2.18. The Morgan fingerprint density at radius 2 is 2.16 bits per heavy atom. The number of benzene rings is 1. The fourth-order valence-electron chi connectivity index (χ4n) is 3.17. The summed E-state index contributed by atoms with van der Waals surface area (Å²) in [5.41, 5.74) is 1.28. The monoisotopic (exact) mass is 340 g/mol. The Labute approximate surface area is 147 Å². The van der Waals surface area contributed by atoms with Crippen LogP contribution in [0.3, 0.4) is 0 Å². The van der Waals surface area contributed by atoms with Gasteiger partial charge in [0.25, 0.3) is 0 Å². The van der Waals surface area contributed by atoms with E-state index in [1.807, 2.05) is 23.1 Å². The number of imidazole rings is 1. The normalized spacial score (nSPS) is 17.5. The highest BCUT2D eigenvalue weighted by Gasteiger charge is 2.29. The molecule has 1 aromatic heterocycles. The summed E-state index contributed by atoms with van der Waals surface area (Å²) in [4.78, 5) is 33.4. The maximum Gasteiger partial charge on any atom is 0.225 e. The second-order valence-corrected chi connectivity index (χ2v) is 6.42. The maximum atomic E-state index is 12.4. The van der Waals surface area contributed by atoms with Crippen LogP contribution in [0.4, 0.5) is 0 Å². The van der Waals surface area contributed by atoms with Gasteiger partial charge in [-0.05, 0) is 24.8 Å². The van der Waals surface area contributed by atoms with Crippen LogP contribution in [0.15, 0.2) is 42.7 Å².